The Hall–Kier alpha value is -4.18. The van der Waals surface area contributed by atoms with Crippen molar-refractivity contribution in [3.05, 3.63) is 70.8 Å². The Morgan fingerprint density at radius 3 is 2.56 bits per heavy atom. The molecule has 5 rings (SSSR count). The number of aryl methyl sites for hydroxylation is 1. The first kappa shape index (κ1) is 21.7. The fraction of sp³-hybridized carbons (Fsp3) is 0.250. The van der Waals surface area contributed by atoms with Gasteiger partial charge in [-0.2, -0.15) is 5.10 Å². The van der Waals surface area contributed by atoms with Crippen LogP contribution in [0.5, 0.6) is 0 Å². The number of rotatable bonds is 5. The Kier molecular flexibility index (Phi) is 5.72. The van der Waals surface area contributed by atoms with Gasteiger partial charge in [-0.05, 0) is 49.5 Å². The standard InChI is InChI=1S/C24H26N8O2/c1-30-12-14-32(15-13-30)17-7-5-16(6-8-17)27-24(34)20-19(9-11-26-23(20)33)28-21-18-4-3-10-25-22(18)31(2)29-21/h3-11H,12-15H2,1-2H3,(H,27,34)(H2,26,28,29,33). The van der Waals surface area contributed by atoms with Gasteiger partial charge in [0.2, 0.25) is 0 Å². The van der Waals surface area contributed by atoms with E-state index < -0.39 is 11.5 Å². The Labute approximate surface area is 196 Å². The number of amides is 1. The number of piperazine rings is 1. The molecule has 174 valence electrons. The van der Waals surface area contributed by atoms with Gasteiger partial charge in [0.1, 0.15) is 5.56 Å². The van der Waals surface area contributed by atoms with Crippen LogP contribution in [-0.2, 0) is 7.05 Å². The third-order valence-electron chi connectivity index (χ3n) is 6.03. The van der Waals surface area contributed by atoms with Crippen LogP contribution in [0.4, 0.5) is 22.9 Å². The summed E-state index contributed by atoms with van der Waals surface area (Å²) >= 11 is 0. The fourth-order valence-electron chi connectivity index (χ4n) is 4.13. The zero-order chi connectivity index (χ0) is 23.7. The van der Waals surface area contributed by atoms with Crippen LogP contribution in [0.2, 0.25) is 0 Å². The Morgan fingerprint density at radius 2 is 1.79 bits per heavy atom. The van der Waals surface area contributed by atoms with Crippen LogP contribution in [0.1, 0.15) is 10.4 Å². The van der Waals surface area contributed by atoms with E-state index in [9.17, 15) is 9.59 Å². The second-order valence-corrected chi connectivity index (χ2v) is 8.36. The second kappa shape index (κ2) is 8.99. The Bertz CT molecular complexity index is 1380. The summed E-state index contributed by atoms with van der Waals surface area (Å²) in [5.74, 6) is 0.0110. The monoisotopic (exact) mass is 458 g/mol. The maximum atomic E-state index is 13.1. The molecule has 0 saturated carbocycles. The molecule has 10 nitrogen and oxygen atoms in total. The summed E-state index contributed by atoms with van der Waals surface area (Å²) in [6.07, 6.45) is 3.19. The van der Waals surface area contributed by atoms with Gasteiger partial charge in [-0.25, -0.2) is 9.67 Å². The van der Waals surface area contributed by atoms with Gasteiger partial charge in [-0.1, -0.05) is 0 Å². The van der Waals surface area contributed by atoms with Gasteiger partial charge in [-0.3, -0.25) is 9.59 Å². The molecular formula is C24H26N8O2. The summed E-state index contributed by atoms with van der Waals surface area (Å²) in [4.78, 5) is 37.3. The van der Waals surface area contributed by atoms with E-state index in [4.69, 9.17) is 0 Å². The maximum absolute atomic E-state index is 13.1. The van der Waals surface area contributed by atoms with Crippen LogP contribution >= 0.6 is 0 Å². The first-order valence-corrected chi connectivity index (χ1v) is 11.1. The molecule has 0 atom stereocenters. The molecule has 4 aromatic rings. The van der Waals surface area contributed by atoms with E-state index >= 15 is 0 Å². The highest BCUT2D eigenvalue weighted by atomic mass is 16.2. The lowest BCUT2D eigenvalue weighted by Gasteiger charge is -2.34. The number of pyridine rings is 2. The molecule has 1 amide bonds. The van der Waals surface area contributed by atoms with Crippen LogP contribution < -0.4 is 21.1 Å². The normalized spacial score (nSPS) is 14.4. The summed E-state index contributed by atoms with van der Waals surface area (Å²) in [6.45, 7) is 3.97. The number of H-pyrrole nitrogens is 1. The van der Waals surface area contributed by atoms with Gasteiger partial charge in [0.05, 0.1) is 11.1 Å². The highest BCUT2D eigenvalue weighted by Gasteiger charge is 2.19. The lowest BCUT2D eigenvalue weighted by atomic mass is 10.2. The molecule has 0 spiro atoms. The number of fused-ring (bicyclic) bond motifs is 1. The summed E-state index contributed by atoms with van der Waals surface area (Å²) in [6, 6.07) is 13.0. The minimum Gasteiger partial charge on any atom is -0.369 e. The molecule has 1 aliphatic rings. The van der Waals surface area contributed by atoms with Gasteiger partial charge in [-0.15, -0.1) is 0 Å². The van der Waals surface area contributed by atoms with Crippen molar-refractivity contribution in [2.24, 2.45) is 7.05 Å². The minimum absolute atomic E-state index is 0.0201. The van der Waals surface area contributed by atoms with Crippen molar-refractivity contribution < 1.29 is 4.79 Å². The fourth-order valence-corrected chi connectivity index (χ4v) is 4.13. The number of carbonyl (C=O) groups is 1. The van der Waals surface area contributed by atoms with Crippen LogP contribution in [0.3, 0.4) is 0 Å². The molecule has 1 fully saturated rings. The van der Waals surface area contributed by atoms with Gasteiger partial charge in [0.15, 0.2) is 11.5 Å². The third kappa shape index (κ3) is 4.23. The number of hydrogen-bond acceptors (Lipinski definition) is 7. The Morgan fingerprint density at radius 1 is 1.03 bits per heavy atom. The van der Waals surface area contributed by atoms with Crippen molar-refractivity contribution in [1.29, 1.82) is 0 Å². The van der Waals surface area contributed by atoms with Gasteiger partial charge in [0.25, 0.3) is 11.5 Å². The highest BCUT2D eigenvalue weighted by molar-refractivity contribution is 6.08. The van der Waals surface area contributed by atoms with Gasteiger partial charge < -0.3 is 25.4 Å². The number of aromatic nitrogens is 4. The van der Waals surface area contributed by atoms with Crippen LogP contribution in [0, 0.1) is 0 Å². The molecule has 0 radical (unpaired) electrons. The number of nitrogens with one attached hydrogen (secondary N) is 3. The van der Waals surface area contributed by atoms with Crippen LogP contribution in [0.15, 0.2) is 59.7 Å². The lowest BCUT2D eigenvalue weighted by Crippen LogP contribution is -2.44. The topological polar surface area (TPSA) is 111 Å². The molecule has 1 aliphatic heterocycles. The smallest absolute Gasteiger partial charge is 0.263 e. The summed E-state index contributed by atoms with van der Waals surface area (Å²) in [5, 5.41) is 11.2. The van der Waals surface area contributed by atoms with E-state index in [0.29, 0.717) is 22.8 Å². The summed E-state index contributed by atoms with van der Waals surface area (Å²) in [7, 11) is 3.91. The average Bonchev–Trinajstić information content (AvgIpc) is 3.15. The Balaban J connectivity index is 1.37. The molecule has 1 aromatic carbocycles. The first-order valence-electron chi connectivity index (χ1n) is 11.1. The number of benzene rings is 1. The number of nitrogens with zero attached hydrogens (tertiary/aromatic N) is 5. The predicted molar refractivity (Wildman–Crippen MR) is 133 cm³/mol. The predicted octanol–water partition coefficient (Wildman–Crippen LogP) is 2.40. The molecule has 0 aliphatic carbocycles. The molecule has 3 N–H and O–H groups in total. The van der Waals surface area contributed by atoms with Crippen molar-refractivity contribution in [2.45, 2.75) is 0 Å². The van der Waals surface area contributed by atoms with Crippen molar-refractivity contribution in [2.75, 3.05) is 48.8 Å². The summed E-state index contributed by atoms with van der Waals surface area (Å²) in [5.41, 5.74) is 2.27. The van der Waals surface area contributed by atoms with E-state index in [1.165, 1.54) is 6.20 Å². The van der Waals surface area contributed by atoms with Crippen molar-refractivity contribution in [3.63, 3.8) is 0 Å². The molecule has 10 heteroatoms. The lowest BCUT2D eigenvalue weighted by molar-refractivity contribution is 0.102. The van der Waals surface area contributed by atoms with Crippen molar-refractivity contribution in [3.8, 4) is 0 Å². The molecule has 4 heterocycles. The van der Waals surface area contributed by atoms with Crippen LogP contribution in [-0.4, -0.2) is 63.8 Å². The number of carbonyl (C=O) groups excluding carboxylic acids is 1. The second-order valence-electron chi connectivity index (χ2n) is 8.36. The number of anilines is 4. The average molecular weight is 459 g/mol. The van der Waals surface area contributed by atoms with Gasteiger partial charge in [0, 0.05) is 57.0 Å². The molecule has 1 saturated heterocycles. The molecule has 3 aromatic heterocycles. The maximum Gasteiger partial charge on any atom is 0.263 e. The van der Waals surface area contributed by atoms with E-state index in [0.717, 1.165) is 37.3 Å². The quantitative estimate of drug-likeness (QED) is 0.421. The summed E-state index contributed by atoms with van der Waals surface area (Å²) < 4.78 is 1.65. The van der Waals surface area contributed by atoms with Crippen molar-refractivity contribution in [1.82, 2.24) is 24.6 Å². The van der Waals surface area contributed by atoms with E-state index in [1.54, 1.807) is 24.0 Å². The minimum atomic E-state index is -0.505. The third-order valence-corrected chi connectivity index (χ3v) is 6.03. The largest absolute Gasteiger partial charge is 0.369 e. The SMILES string of the molecule is CN1CCN(c2ccc(NC(=O)c3c(Nc4nn(C)c5ncccc45)cc[nH]c3=O)cc2)CC1. The van der Waals surface area contributed by atoms with Crippen LogP contribution in [0.25, 0.3) is 11.0 Å². The zero-order valence-corrected chi connectivity index (χ0v) is 19.1. The van der Waals surface area contributed by atoms with E-state index in [1.807, 2.05) is 36.4 Å². The molecule has 0 bridgehead atoms. The first-order chi connectivity index (χ1) is 16.5. The highest BCUT2D eigenvalue weighted by Crippen LogP contribution is 2.25. The van der Waals surface area contributed by atoms with Crippen molar-refractivity contribution >= 4 is 39.8 Å². The molecular weight excluding hydrogens is 432 g/mol. The zero-order valence-electron chi connectivity index (χ0n) is 19.1. The van der Waals surface area contributed by atoms with Gasteiger partial charge >= 0.3 is 0 Å². The molecule has 34 heavy (non-hydrogen) atoms. The molecule has 0 unspecified atom stereocenters. The van der Waals surface area contributed by atoms with E-state index in [-0.39, 0.29) is 5.56 Å². The number of likely N-dealkylation sites (N-methyl/N-ethyl adjacent to an activating group) is 1. The van der Waals surface area contributed by atoms with E-state index in [2.05, 4.69) is 42.5 Å². The number of aromatic amines is 1. The number of hydrogen-bond donors (Lipinski definition) is 3.